The standard InChI is InChI=1S/C19H23F3N2O3/c20-19(21,22)8-11-9-24(10-11)14-4-1-12(2-5-14)18-26-15-6-3-13(17(23)25)7-16(15)27-18/h3,6-7,11-12,14,18H,1-2,4-5,8-10H2,(H2,23,25). The van der Waals surface area contributed by atoms with E-state index in [4.69, 9.17) is 15.2 Å². The summed E-state index contributed by atoms with van der Waals surface area (Å²) in [6.45, 7) is 1.10. The van der Waals surface area contributed by atoms with Gasteiger partial charge in [0.05, 0.1) is 0 Å². The molecule has 2 heterocycles. The predicted molar refractivity (Wildman–Crippen MR) is 91.5 cm³/mol. The number of nitrogens with zero attached hydrogens (tertiary/aromatic N) is 1. The summed E-state index contributed by atoms with van der Waals surface area (Å²) < 4.78 is 49.0. The molecule has 4 rings (SSSR count). The Hall–Kier alpha value is -1.96. The molecule has 2 aliphatic heterocycles. The maximum absolute atomic E-state index is 12.4. The number of fused-ring (bicyclic) bond motifs is 1. The number of halogens is 3. The second-order valence-corrected chi connectivity index (χ2v) is 7.84. The number of nitrogens with two attached hydrogens (primary N) is 1. The van der Waals surface area contributed by atoms with Gasteiger partial charge >= 0.3 is 6.18 Å². The fraction of sp³-hybridized carbons (Fsp3) is 0.632. The minimum Gasteiger partial charge on any atom is -0.451 e. The third-order valence-electron chi connectivity index (χ3n) is 5.86. The highest BCUT2D eigenvalue weighted by atomic mass is 19.4. The van der Waals surface area contributed by atoms with Gasteiger partial charge in [-0.3, -0.25) is 9.69 Å². The first-order valence-electron chi connectivity index (χ1n) is 9.36. The van der Waals surface area contributed by atoms with E-state index in [1.54, 1.807) is 18.2 Å². The number of likely N-dealkylation sites (tertiary alicyclic amines) is 1. The molecule has 1 atom stereocenters. The molecule has 1 saturated heterocycles. The molecule has 2 N–H and O–H groups in total. The first-order valence-corrected chi connectivity index (χ1v) is 9.36. The zero-order valence-electron chi connectivity index (χ0n) is 14.9. The van der Waals surface area contributed by atoms with Gasteiger partial charge in [-0.05, 0) is 49.8 Å². The molecule has 0 spiro atoms. The van der Waals surface area contributed by atoms with E-state index in [0.29, 0.717) is 36.2 Å². The molecule has 3 aliphatic rings. The average Bonchev–Trinajstić information content (AvgIpc) is 3.00. The van der Waals surface area contributed by atoms with Crippen LogP contribution in [0.25, 0.3) is 0 Å². The highest BCUT2D eigenvalue weighted by Gasteiger charge is 2.42. The number of rotatable bonds is 4. The Morgan fingerprint density at radius 1 is 1.11 bits per heavy atom. The molecule has 1 aliphatic carbocycles. The van der Waals surface area contributed by atoms with Gasteiger partial charge in [0.25, 0.3) is 0 Å². The average molecular weight is 384 g/mol. The molecule has 1 aromatic carbocycles. The Balaban J connectivity index is 1.25. The van der Waals surface area contributed by atoms with Crippen molar-refractivity contribution in [2.45, 2.75) is 50.6 Å². The molecule has 0 radical (unpaired) electrons. The van der Waals surface area contributed by atoms with Gasteiger partial charge in [-0.25, -0.2) is 0 Å². The van der Waals surface area contributed by atoms with Gasteiger partial charge in [0.2, 0.25) is 12.2 Å². The van der Waals surface area contributed by atoms with Gasteiger partial charge in [0.15, 0.2) is 11.5 Å². The van der Waals surface area contributed by atoms with Crippen molar-refractivity contribution in [3.8, 4) is 11.5 Å². The number of benzene rings is 1. The zero-order valence-corrected chi connectivity index (χ0v) is 14.9. The van der Waals surface area contributed by atoms with Crippen molar-refractivity contribution in [1.82, 2.24) is 4.90 Å². The second kappa shape index (κ2) is 6.89. The van der Waals surface area contributed by atoms with Crippen molar-refractivity contribution in [2.75, 3.05) is 13.1 Å². The van der Waals surface area contributed by atoms with Gasteiger partial charge in [0.1, 0.15) is 0 Å². The van der Waals surface area contributed by atoms with Crippen LogP contribution in [-0.2, 0) is 0 Å². The van der Waals surface area contributed by atoms with Gasteiger partial charge in [-0.2, -0.15) is 13.2 Å². The Morgan fingerprint density at radius 2 is 1.78 bits per heavy atom. The monoisotopic (exact) mass is 384 g/mol. The first kappa shape index (κ1) is 18.4. The van der Waals surface area contributed by atoms with E-state index in [-0.39, 0.29) is 18.1 Å². The SMILES string of the molecule is NC(=O)c1ccc2c(c1)OC(C1CCC(N3CC(CC(F)(F)F)C3)CC1)O2. The highest BCUT2D eigenvalue weighted by Crippen LogP contribution is 2.42. The van der Waals surface area contributed by atoms with E-state index in [0.717, 1.165) is 25.7 Å². The summed E-state index contributed by atoms with van der Waals surface area (Å²) >= 11 is 0. The number of amides is 1. The normalized spacial score (nSPS) is 28.8. The predicted octanol–water partition coefficient (Wildman–Crippen LogP) is 3.33. The fourth-order valence-corrected chi connectivity index (χ4v) is 4.42. The fourth-order valence-electron chi connectivity index (χ4n) is 4.42. The summed E-state index contributed by atoms with van der Waals surface area (Å²) in [4.78, 5) is 13.5. The molecule has 2 fully saturated rings. The highest BCUT2D eigenvalue weighted by molar-refractivity contribution is 5.93. The molecule has 0 bridgehead atoms. The third-order valence-corrected chi connectivity index (χ3v) is 5.86. The summed E-state index contributed by atoms with van der Waals surface area (Å²) in [6.07, 6.45) is -1.41. The lowest BCUT2D eigenvalue weighted by molar-refractivity contribution is -0.159. The largest absolute Gasteiger partial charge is 0.451 e. The molecule has 1 aromatic rings. The molecular formula is C19H23F3N2O3. The first-order chi connectivity index (χ1) is 12.8. The van der Waals surface area contributed by atoms with Crippen molar-refractivity contribution in [3.05, 3.63) is 23.8 Å². The molecule has 148 valence electrons. The summed E-state index contributed by atoms with van der Waals surface area (Å²) in [6, 6.07) is 5.27. The lowest BCUT2D eigenvalue weighted by atomic mass is 9.82. The number of hydrogen-bond acceptors (Lipinski definition) is 4. The second-order valence-electron chi connectivity index (χ2n) is 7.84. The van der Waals surface area contributed by atoms with Gasteiger partial charge in [-0.1, -0.05) is 0 Å². The van der Waals surface area contributed by atoms with Crippen LogP contribution in [0.15, 0.2) is 18.2 Å². The molecular weight excluding hydrogens is 361 g/mol. The van der Waals surface area contributed by atoms with E-state index in [2.05, 4.69) is 4.90 Å². The number of primary amides is 1. The third kappa shape index (κ3) is 4.00. The van der Waals surface area contributed by atoms with E-state index in [1.165, 1.54) is 0 Å². The Morgan fingerprint density at radius 3 is 2.41 bits per heavy atom. The van der Waals surface area contributed by atoms with Crippen LogP contribution in [0.5, 0.6) is 11.5 Å². The van der Waals surface area contributed by atoms with Crippen LogP contribution in [0.4, 0.5) is 13.2 Å². The number of carbonyl (C=O) groups excluding carboxylic acids is 1. The van der Waals surface area contributed by atoms with Crippen LogP contribution in [0, 0.1) is 11.8 Å². The molecule has 1 saturated carbocycles. The Labute approximate surface area is 155 Å². The minimum atomic E-state index is -4.06. The molecule has 1 amide bonds. The molecule has 27 heavy (non-hydrogen) atoms. The summed E-state index contributed by atoms with van der Waals surface area (Å²) in [7, 11) is 0. The lowest BCUT2D eigenvalue weighted by Crippen LogP contribution is -2.54. The zero-order chi connectivity index (χ0) is 19.2. The number of alkyl halides is 3. The van der Waals surface area contributed by atoms with E-state index in [9.17, 15) is 18.0 Å². The van der Waals surface area contributed by atoms with Crippen molar-refractivity contribution in [1.29, 1.82) is 0 Å². The topological polar surface area (TPSA) is 64.8 Å². The van der Waals surface area contributed by atoms with Crippen LogP contribution in [0.1, 0.15) is 42.5 Å². The van der Waals surface area contributed by atoms with Crippen LogP contribution in [0.3, 0.4) is 0 Å². The molecule has 1 unspecified atom stereocenters. The summed E-state index contributed by atoms with van der Waals surface area (Å²) in [5, 5.41) is 0. The number of carbonyl (C=O) groups is 1. The van der Waals surface area contributed by atoms with E-state index >= 15 is 0 Å². The van der Waals surface area contributed by atoms with Crippen molar-refractivity contribution in [3.63, 3.8) is 0 Å². The van der Waals surface area contributed by atoms with Gasteiger partial charge < -0.3 is 15.2 Å². The summed E-state index contributed by atoms with van der Waals surface area (Å²) in [5.74, 6) is 0.626. The number of hydrogen-bond donors (Lipinski definition) is 1. The van der Waals surface area contributed by atoms with Crippen LogP contribution < -0.4 is 15.2 Å². The van der Waals surface area contributed by atoms with Crippen LogP contribution in [0.2, 0.25) is 0 Å². The van der Waals surface area contributed by atoms with Crippen LogP contribution >= 0.6 is 0 Å². The molecule has 8 heteroatoms. The maximum Gasteiger partial charge on any atom is 0.389 e. The maximum atomic E-state index is 12.4. The minimum absolute atomic E-state index is 0.234. The summed E-state index contributed by atoms with van der Waals surface area (Å²) in [5.41, 5.74) is 5.67. The molecule has 5 nitrogen and oxygen atoms in total. The van der Waals surface area contributed by atoms with Crippen molar-refractivity contribution in [2.24, 2.45) is 17.6 Å². The smallest absolute Gasteiger partial charge is 0.389 e. The number of ether oxygens (including phenoxy) is 2. The molecule has 0 aromatic heterocycles. The lowest BCUT2D eigenvalue weighted by Gasteiger charge is -2.47. The quantitative estimate of drug-likeness (QED) is 0.865. The van der Waals surface area contributed by atoms with Crippen molar-refractivity contribution >= 4 is 5.91 Å². The van der Waals surface area contributed by atoms with Gasteiger partial charge in [-0.15, -0.1) is 0 Å². The van der Waals surface area contributed by atoms with E-state index < -0.39 is 18.5 Å². The van der Waals surface area contributed by atoms with Crippen molar-refractivity contribution < 1.29 is 27.4 Å². The Kier molecular flexibility index (Phi) is 4.70. The Bertz CT molecular complexity index is 711. The van der Waals surface area contributed by atoms with Crippen LogP contribution in [-0.4, -0.2) is 42.4 Å². The van der Waals surface area contributed by atoms with Gasteiger partial charge in [0, 0.05) is 37.0 Å². The van der Waals surface area contributed by atoms with E-state index in [1.807, 2.05) is 0 Å².